The molecule has 0 saturated carbocycles. The average molecular weight is 523 g/mol. The number of cyclic esters (lactones) is 1. The van der Waals surface area contributed by atoms with E-state index in [4.69, 9.17) is 9.47 Å². The first kappa shape index (κ1) is 26.6. The number of carbonyl (C=O) groups excluding carboxylic acids is 3. The molecule has 8 heteroatoms. The molecule has 38 heavy (non-hydrogen) atoms. The molecule has 4 aliphatic heterocycles. The van der Waals surface area contributed by atoms with Gasteiger partial charge < -0.3 is 24.4 Å². The molecule has 2 fully saturated rings. The van der Waals surface area contributed by atoms with Crippen LogP contribution < -0.4 is 4.90 Å². The number of carbonyl (C=O) groups is 3. The fourth-order valence-electron chi connectivity index (χ4n) is 6.94. The molecule has 0 bridgehead atoms. The highest BCUT2D eigenvalue weighted by Gasteiger charge is 2.75. The number of nitrogens with zero attached hydrogens (tertiary/aromatic N) is 2. The largest absolute Gasteiger partial charge is 0.465 e. The number of allylic oxidation sites excluding steroid dienone is 1. The van der Waals surface area contributed by atoms with E-state index in [1.807, 2.05) is 63.3 Å². The number of esters is 1. The lowest BCUT2D eigenvalue weighted by atomic mass is 9.73. The molecule has 1 aromatic carbocycles. The van der Waals surface area contributed by atoms with E-state index in [0.29, 0.717) is 38.8 Å². The number of unbranched alkanes of at least 4 members (excludes halogenated alkanes) is 1. The van der Waals surface area contributed by atoms with Crippen molar-refractivity contribution in [2.45, 2.75) is 70.1 Å². The van der Waals surface area contributed by atoms with Crippen LogP contribution in [0.15, 0.2) is 42.5 Å². The molecule has 2 amide bonds. The van der Waals surface area contributed by atoms with Crippen LogP contribution in [0.4, 0.5) is 5.69 Å². The quantitative estimate of drug-likeness (QED) is 0.350. The highest BCUT2D eigenvalue weighted by molar-refractivity contribution is 6.06. The molecule has 0 radical (unpaired) electrons. The summed E-state index contributed by atoms with van der Waals surface area (Å²) in [5.41, 5.74) is 0.419. The van der Waals surface area contributed by atoms with Gasteiger partial charge in [-0.1, -0.05) is 49.4 Å². The molecule has 5 rings (SSSR count). The Hall–Kier alpha value is -2.97. The number of rotatable bonds is 6. The van der Waals surface area contributed by atoms with Crippen molar-refractivity contribution in [2.24, 2.45) is 11.8 Å². The van der Waals surface area contributed by atoms with Gasteiger partial charge in [0.1, 0.15) is 23.2 Å². The van der Waals surface area contributed by atoms with Crippen LogP contribution in [0.1, 0.15) is 50.2 Å². The topological polar surface area (TPSA) is 96.4 Å². The van der Waals surface area contributed by atoms with Gasteiger partial charge in [0.25, 0.3) is 5.91 Å². The summed E-state index contributed by atoms with van der Waals surface area (Å²) in [4.78, 5) is 45.7. The highest BCUT2D eigenvalue weighted by Crippen LogP contribution is 2.58. The predicted molar refractivity (Wildman–Crippen MR) is 142 cm³/mol. The number of fused-ring (bicyclic) bond motifs is 2. The zero-order valence-corrected chi connectivity index (χ0v) is 22.5. The van der Waals surface area contributed by atoms with Gasteiger partial charge in [-0.3, -0.25) is 14.4 Å². The second-order valence-electron chi connectivity index (χ2n) is 10.9. The molecule has 4 aliphatic rings. The summed E-state index contributed by atoms with van der Waals surface area (Å²) in [6.07, 6.45) is 10.7. The lowest BCUT2D eigenvalue weighted by molar-refractivity contribution is -0.159. The normalized spacial score (nSPS) is 33.6. The van der Waals surface area contributed by atoms with Gasteiger partial charge in [-0.15, -0.1) is 0 Å². The van der Waals surface area contributed by atoms with Gasteiger partial charge in [0.2, 0.25) is 5.91 Å². The summed E-state index contributed by atoms with van der Waals surface area (Å²) < 4.78 is 12.6. The minimum Gasteiger partial charge on any atom is -0.465 e. The van der Waals surface area contributed by atoms with Gasteiger partial charge in [0.15, 0.2) is 0 Å². The molecule has 8 nitrogen and oxygen atoms in total. The minimum absolute atomic E-state index is 0.00115. The van der Waals surface area contributed by atoms with Crippen LogP contribution in [0.5, 0.6) is 0 Å². The molecular weight excluding hydrogens is 484 g/mol. The van der Waals surface area contributed by atoms with Gasteiger partial charge in [-0.25, -0.2) is 0 Å². The third kappa shape index (κ3) is 4.00. The number of aliphatic hydroxyl groups is 1. The van der Waals surface area contributed by atoms with Crippen LogP contribution >= 0.6 is 0 Å². The Morgan fingerprint density at radius 1 is 1.03 bits per heavy atom. The van der Waals surface area contributed by atoms with Gasteiger partial charge in [0.05, 0.1) is 12.5 Å². The Bertz CT molecular complexity index is 1160. The zero-order chi connectivity index (χ0) is 27.1. The van der Waals surface area contributed by atoms with Crippen LogP contribution in [-0.2, 0) is 23.9 Å². The lowest BCUT2D eigenvalue weighted by Crippen LogP contribution is -2.56. The van der Waals surface area contributed by atoms with Crippen molar-refractivity contribution in [2.75, 3.05) is 31.2 Å². The van der Waals surface area contributed by atoms with Crippen LogP contribution in [-0.4, -0.2) is 71.3 Å². The third-order valence-corrected chi connectivity index (χ3v) is 8.65. The van der Waals surface area contributed by atoms with Crippen molar-refractivity contribution < 1.29 is 29.0 Å². The first-order chi connectivity index (χ1) is 18.3. The second-order valence-corrected chi connectivity index (χ2v) is 10.9. The van der Waals surface area contributed by atoms with Crippen molar-refractivity contribution >= 4 is 23.5 Å². The second kappa shape index (κ2) is 10.3. The van der Waals surface area contributed by atoms with Gasteiger partial charge >= 0.3 is 5.97 Å². The van der Waals surface area contributed by atoms with Gasteiger partial charge in [-0.2, -0.15) is 0 Å². The monoisotopic (exact) mass is 522 g/mol. The number of aryl methyl sites for hydroxylation is 2. The predicted octanol–water partition coefficient (Wildman–Crippen LogP) is 3.23. The van der Waals surface area contributed by atoms with Gasteiger partial charge in [-0.05, 0) is 57.1 Å². The molecule has 1 unspecified atom stereocenters. The standard InChI is InChI=1S/C30H38N2O6/c1-4-29-14-6-5-9-19-37-28(36)23(29)22-26(34)32(16-7-8-18-33)25-27(35)31(17-11-15-30(22,25)38-29)24-20(2)12-10-13-21(24)3/h6,10-15,22-23,25,33H,4-5,7-9,16-19H2,1-3H3/b14-6-/t22-,23-,25?,29+,30-/m0/s1. The third-order valence-electron chi connectivity index (χ3n) is 8.65. The van der Waals surface area contributed by atoms with E-state index in [1.165, 1.54) is 0 Å². The summed E-state index contributed by atoms with van der Waals surface area (Å²) in [5.74, 6) is -2.67. The van der Waals surface area contributed by atoms with E-state index in [1.54, 1.807) is 9.80 Å². The van der Waals surface area contributed by atoms with Crippen molar-refractivity contribution in [1.82, 2.24) is 4.90 Å². The minimum atomic E-state index is -1.30. The van der Waals surface area contributed by atoms with Crippen LogP contribution in [0.25, 0.3) is 0 Å². The molecular formula is C30H38N2O6. The number of aliphatic hydroxyl groups excluding tert-OH is 1. The first-order valence-corrected chi connectivity index (χ1v) is 13.8. The Balaban J connectivity index is 1.66. The fraction of sp³-hybridized carbons (Fsp3) is 0.567. The molecule has 1 spiro atoms. The molecule has 0 aromatic heterocycles. The maximum Gasteiger partial charge on any atom is 0.313 e. The smallest absolute Gasteiger partial charge is 0.313 e. The highest BCUT2D eigenvalue weighted by atomic mass is 16.6. The number of hydrogen-bond donors (Lipinski definition) is 1. The van der Waals surface area contributed by atoms with E-state index in [-0.39, 0.29) is 25.0 Å². The number of para-hydroxylation sites is 1. The number of anilines is 1. The molecule has 1 aromatic rings. The molecule has 0 aliphatic carbocycles. The van der Waals surface area contributed by atoms with Crippen molar-refractivity contribution in [3.05, 3.63) is 53.6 Å². The summed E-state index contributed by atoms with van der Waals surface area (Å²) in [7, 11) is 0. The van der Waals surface area contributed by atoms with Crippen molar-refractivity contribution in [3.63, 3.8) is 0 Å². The number of benzene rings is 1. The number of ether oxygens (including phenoxy) is 2. The number of hydrogen-bond acceptors (Lipinski definition) is 6. The van der Waals surface area contributed by atoms with Crippen molar-refractivity contribution in [3.8, 4) is 0 Å². The molecule has 2 saturated heterocycles. The van der Waals surface area contributed by atoms with E-state index in [9.17, 15) is 19.5 Å². The van der Waals surface area contributed by atoms with E-state index in [2.05, 4.69) is 0 Å². The maximum atomic E-state index is 14.6. The van der Waals surface area contributed by atoms with Crippen LogP contribution in [0.2, 0.25) is 0 Å². The first-order valence-electron chi connectivity index (χ1n) is 13.8. The zero-order valence-electron chi connectivity index (χ0n) is 22.5. The molecule has 4 heterocycles. The summed E-state index contributed by atoms with van der Waals surface area (Å²) >= 11 is 0. The lowest BCUT2D eigenvalue weighted by Gasteiger charge is -2.38. The summed E-state index contributed by atoms with van der Waals surface area (Å²) in [6.45, 7) is 6.81. The van der Waals surface area contributed by atoms with Gasteiger partial charge in [0, 0.05) is 25.4 Å². The molecule has 5 atom stereocenters. The Kier molecular flexibility index (Phi) is 7.22. The molecule has 204 valence electrons. The van der Waals surface area contributed by atoms with Crippen molar-refractivity contribution in [1.29, 1.82) is 0 Å². The average Bonchev–Trinajstić information content (AvgIpc) is 3.27. The van der Waals surface area contributed by atoms with E-state index in [0.717, 1.165) is 23.2 Å². The van der Waals surface area contributed by atoms with E-state index >= 15 is 0 Å². The number of amides is 2. The molecule has 1 N–H and O–H groups in total. The van der Waals surface area contributed by atoms with Crippen LogP contribution in [0, 0.1) is 25.7 Å². The summed E-state index contributed by atoms with van der Waals surface area (Å²) in [6, 6.07) is 4.99. The maximum absolute atomic E-state index is 14.6. The Morgan fingerprint density at radius 2 is 1.79 bits per heavy atom. The number of likely N-dealkylation sites (tertiary alicyclic amines) is 1. The SMILES string of the molecule is CC[C@@]12/C=C\CCCOC(=O)[C@@H]1[C@H]1C(=O)N(CCCCO)C3C(=O)N(c4c(C)cccc4C)CC=C[C@@]31O2. The Morgan fingerprint density at radius 3 is 2.50 bits per heavy atom. The Labute approximate surface area is 224 Å². The van der Waals surface area contributed by atoms with E-state index < -0.39 is 35.0 Å². The van der Waals surface area contributed by atoms with Crippen LogP contribution in [0.3, 0.4) is 0 Å². The fourth-order valence-corrected chi connectivity index (χ4v) is 6.94. The summed E-state index contributed by atoms with van der Waals surface area (Å²) in [5, 5.41) is 9.40.